The Hall–Kier alpha value is -2.34. The summed E-state index contributed by atoms with van der Waals surface area (Å²) in [6.07, 6.45) is 4.70. The van der Waals surface area contributed by atoms with Crippen molar-refractivity contribution in [3.05, 3.63) is 35.4 Å². The molecule has 2 aliphatic rings. The lowest BCUT2D eigenvalue weighted by Crippen LogP contribution is -2.47. The van der Waals surface area contributed by atoms with E-state index in [0.717, 1.165) is 19.3 Å². The van der Waals surface area contributed by atoms with Gasteiger partial charge in [-0.05, 0) is 51.3 Å². The Kier molecular flexibility index (Phi) is 5.32. The number of nitrogens with one attached hydrogen (secondary N) is 1. The molecule has 1 atom stereocenters. The molecule has 2 heterocycles. The van der Waals surface area contributed by atoms with Gasteiger partial charge in [-0.2, -0.15) is 0 Å². The van der Waals surface area contributed by atoms with E-state index in [1.54, 1.807) is 18.2 Å². The Bertz CT molecular complexity index is 739. The van der Waals surface area contributed by atoms with Crippen molar-refractivity contribution < 1.29 is 19.4 Å². The summed E-state index contributed by atoms with van der Waals surface area (Å²) in [5.74, 6) is 0.257. The van der Waals surface area contributed by atoms with E-state index in [9.17, 15) is 14.7 Å². The topological polar surface area (TPSA) is 78.9 Å². The molecular formula is C20H26N2O4. The van der Waals surface area contributed by atoms with Crippen LogP contribution < -0.4 is 10.1 Å². The highest BCUT2D eigenvalue weighted by molar-refractivity contribution is 5.99. The Morgan fingerprint density at radius 3 is 2.96 bits per heavy atom. The van der Waals surface area contributed by atoms with E-state index in [1.807, 2.05) is 18.7 Å². The van der Waals surface area contributed by atoms with Crippen LogP contribution in [0, 0.1) is 5.41 Å². The highest BCUT2D eigenvalue weighted by Crippen LogP contribution is 2.35. The number of ether oxygens (including phenoxy) is 1. The second-order valence-corrected chi connectivity index (χ2v) is 7.52. The van der Waals surface area contributed by atoms with Crippen molar-refractivity contribution in [3.8, 4) is 5.75 Å². The van der Waals surface area contributed by atoms with Gasteiger partial charge in [0.25, 0.3) is 11.8 Å². The second-order valence-electron chi connectivity index (χ2n) is 7.52. The molecule has 0 aliphatic carbocycles. The monoisotopic (exact) mass is 358 g/mol. The molecule has 1 saturated heterocycles. The third-order valence-electron chi connectivity index (χ3n) is 5.09. The highest BCUT2D eigenvalue weighted by Gasteiger charge is 2.36. The molecule has 6 nitrogen and oxygen atoms in total. The number of amides is 2. The van der Waals surface area contributed by atoms with Crippen LogP contribution in [0.25, 0.3) is 0 Å². The van der Waals surface area contributed by atoms with Crippen LogP contribution in [0.1, 0.15) is 43.5 Å². The van der Waals surface area contributed by atoms with Crippen molar-refractivity contribution in [1.82, 2.24) is 4.90 Å². The lowest BCUT2D eigenvalue weighted by atomic mass is 9.77. The predicted octanol–water partition coefficient (Wildman–Crippen LogP) is 2.59. The molecule has 1 aromatic carbocycles. The van der Waals surface area contributed by atoms with Gasteiger partial charge in [-0.25, -0.2) is 0 Å². The highest BCUT2D eigenvalue weighted by atomic mass is 16.5. The summed E-state index contributed by atoms with van der Waals surface area (Å²) in [5, 5.41) is 12.7. The van der Waals surface area contributed by atoms with Crippen LogP contribution in [0.5, 0.6) is 5.75 Å². The normalized spacial score (nSPS) is 22.1. The predicted molar refractivity (Wildman–Crippen MR) is 99.3 cm³/mol. The fourth-order valence-electron chi connectivity index (χ4n) is 3.55. The van der Waals surface area contributed by atoms with Gasteiger partial charge in [-0.1, -0.05) is 11.6 Å². The van der Waals surface area contributed by atoms with Crippen molar-refractivity contribution in [2.24, 2.45) is 5.41 Å². The van der Waals surface area contributed by atoms with Gasteiger partial charge in [0.05, 0.1) is 12.3 Å². The zero-order chi connectivity index (χ0) is 18.7. The lowest BCUT2D eigenvalue weighted by Gasteiger charge is -2.41. The first-order valence-electron chi connectivity index (χ1n) is 9.03. The van der Waals surface area contributed by atoms with Crippen molar-refractivity contribution in [1.29, 1.82) is 0 Å². The number of likely N-dealkylation sites (tertiary alicyclic amines) is 1. The summed E-state index contributed by atoms with van der Waals surface area (Å²) in [6, 6.07) is 5.09. The van der Waals surface area contributed by atoms with E-state index >= 15 is 0 Å². The molecule has 1 unspecified atom stereocenters. The number of carbonyl (C=O) groups excluding carboxylic acids is 2. The van der Waals surface area contributed by atoms with Crippen LogP contribution in [0.4, 0.5) is 5.69 Å². The maximum atomic E-state index is 13.0. The number of piperidine rings is 1. The second kappa shape index (κ2) is 7.50. The van der Waals surface area contributed by atoms with E-state index in [4.69, 9.17) is 4.74 Å². The van der Waals surface area contributed by atoms with Gasteiger partial charge >= 0.3 is 0 Å². The average molecular weight is 358 g/mol. The molecule has 2 aliphatic heterocycles. The minimum Gasteiger partial charge on any atom is -0.482 e. The largest absolute Gasteiger partial charge is 0.482 e. The number of aliphatic hydroxyl groups excluding tert-OH is 1. The molecule has 2 amide bonds. The number of benzene rings is 1. The fourth-order valence-corrected chi connectivity index (χ4v) is 3.55. The number of carbonyl (C=O) groups is 2. The summed E-state index contributed by atoms with van der Waals surface area (Å²) in [5.41, 5.74) is 2.07. The quantitative estimate of drug-likeness (QED) is 0.811. The fraction of sp³-hybridized carbons (Fsp3) is 0.500. The third kappa shape index (κ3) is 3.90. The molecular weight excluding hydrogens is 332 g/mol. The summed E-state index contributed by atoms with van der Waals surface area (Å²) < 4.78 is 5.41. The van der Waals surface area contributed by atoms with Crippen LogP contribution in [-0.2, 0) is 4.79 Å². The van der Waals surface area contributed by atoms with Gasteiger partial charge < -0.3 is 20.1 Å². The van der Waals surface area contributed by atoms with Gasteiger partial charge in [0.1, 0.15) is 5.75 Å². The average Bonchev–Trinajstić information content (AvgIpc) is 2.65. The lowest BCUT2D eigenvalue weighted by molar-refractivity contribution is -0.118. The number of rotatable bonds is 4. The maximum absolute atomic E-state index is 13.0. The van der Waals surface area contributed by atoms with Crippen molar-refractivity contribution >= 4 is 17.5 Å². The molecule has 2 N–H and O–H groups in total. The molecule has 1 fully saturated rings. The minimum absolute atomic E-state index is 0.0370. The smallest absolute Gasteiger partial charge is 0.262 e. The third-order valence-corrected chi connectivity index (χ3v) is 5.09. The molecule has 26 heavy (non-hydrogen) atoms. The van der Waals surface area contributed by atoms with Crippen molar-refractivity contribution in [3.63, 3.8) is 0 Å². The number of hydrogen-bond acceptors (Lipinski definition) is 4. The molecule has 0 saturated carbocycles. The first-order valence-corrected chi connectivity index (χ1v) is 9.03. The molecule has 0 spiro atoms. The Morgan fingerprint density at radius 1 is 1.42 bits per heavy atom. The molecule has 0 bridgehead atoms. The Labute approximate surface area is 153 Å². The standard InChI is InChI=1S/C20H26N2O4/c1-14(2)6-8-20(13-23)7-3-9-22(12-20)19(25)15-4-5-16-17(10-15)26-11-18(24)21-16/h4-6,10,23H,3,7-9,11-13H2,1-2H3,(H,21,24). The van der Waals surface area contributed by atoms with E-state index in [2.05, 4.69) is 11.4 Å². The van der Waals surface area contributed by atoms with E-state index in [-0.39, 0.29) is 30.4 Å². The van der Waals surface area contributed by atoms with Crippen LogP contribution in [-0.4, -0.2) is 48.1 Å². The van der Waals surface area contributed by atoms with E-state index in [0.29, 0.717) is 30.1 Å². The first kappa shape index (κ1) is 18.5. The van der Waals surface area contributed by atoms with Gasteiger partial charge in [0.2, 0.25) is 0 Å². The maximum Gasteiger partial charge on any atom is 0.262 e. The molecule has 0 radical (unpaired) electrons. The van der Waals surface area contributed by atoms with Gasteiger partial charge in [0, 0.05) is 24.1 Å². The number of anilines is 1. The molecule has 140 valence electrons. The molecule has 0 aromatic heterocycles. The number of aliphatic hydroxyl groups is 1. The zero-order valence-electron chi connectivity index (χ0n) is 15.4. The summed E-state index contributed by atoms with van der Waals surface area (Å²) in [4.78, 5) is 26.2. The van der Waals surface area contributed by atoms with Crippen molar-refractivity contribution in [2.75, 3.05) is 31.6 Å². The summed E-state index contributed by atoms with van der Waals surface area (Å²) in [7, 11) is 0. The SMILES string of the molecule is CC(C)=CCC1(CO)CCCN(C(=O)c2ccc3c(c2)OCC(=O)N3)C1. The summed E-state index contributed by atoms with van der Waals surface area (Å²) in [6.45, 7) is 5.35. The van der Waals surface area contributed by atoms with E-state index < -0.39 is 0 Å². The minimum atomic E-state index is -0.274. The molecule has 1 aromatic rings. The van der Waals surface area contributed by atoms with Gasteiger partial charge in [-0.15, -0.1) is 0 Å². The van der Waals surface area contributed by atoms with Gasteiger partial charge in [0.15, 0.2) is 6.61 Å². The first-order chi connectivity index (χ1) is 12.4. The number of allylic oxidation sites excluding steroid dienone is 2. The van der Waals surface area contributed by atoms with Crippen LogP contribution >= 0.6 is 0 Å². The Morgan fingerprint density at radius 2 is 2.23 bits per heavy atom. The molecule has 6 heteroatoms. The van der Waals surface area contributed by atoms with E-state index in [1.165, 1.54) is 5.57 Å². The number of nitrogens with zero attached hydrogens (tertiary/aromatic N) is 1. The van der Waals surface area contributed by atoms with Gasteiger partial charge in [-0.3, -0.25) is 9.59 Å². The summed E-state index contributed by atoms with van der Waals surface area (Å²) >= 11 is 0. The van der Waals surface area contributed by atoms with Crippen LogP contribution in [0.3, 0.4) is 0 Å². The van der Waals surface area contributed by atoms with Crippen molar-refractivity contribution in [2.45, 2.75) is 33.1 Å². The zero-order valence-corrected chi connectivity index (χ0v) is 15.4. The molecule has 3 rings (SSSR count). The van der Waals surface area contributed by atoms with Crippen LogP contribution in [0.15, 0.2) is 29.8 Å². The van der Waals surface area contributed by atoms with Crippen LogP contribution in [0.2, 0.25) is 0 Å². The Balaban J connectivity index is 1.77. The number of fused-ring (bicyclic) bond motifs is 1. The number of hydrogen-bond donors (Lipinski definition) is 2.